The van der Waals surface area contributed by atoms with Crippen LogP contribution in [0.4, 0.5) is 0 Å². The molecular weight excluding hydrogens is 228 g/mol. The van der Waals surface area contributed by atoms with Crippen LogP contribution in [-0.2, 0) is 9.53 Å². The average Bonchev–Trinajstić information content (AvgIpc) is 2.82. The van der Waals surface area contributed by atoms with Gasteiger partial charge in [-0.15, -0.1) is 12.4 Å². The van der Waals surface area contributed by atoms with Gasteiger partial charge in [0.25, 0.3) is 0 Å². The maximum Gasteiger partial charge on any atom is 0.239 e. The molecule has 0 aromatic rings. The quantitative estimate of drug-likeness (QED) is 0.786. The number of halogens is 1. The number of ether oxygens (including phenoxy) is 1. The summed E-state index contributed by atoms with van der Waals surface area (Å²) in [4.78, 5) is 14.0. The van der Waals surface area contributed by atoms with Gasteiger partial charge in [-0.1, -0.05) is 0 Å². The third-order valence-corrected chi connectivity index (χ3v) is 3.45. The van der Waals surface area contributed by atoms with Crippen LogP contribution in [0.5, 0.6) is 0 Å². The molecule has 2 aliphatic rings. The van der Waals surface area contributed by atoms with Gasteiger partial charge in [0, 0.05) is 20.2 Å². The summed E-state index contributed by atoms with van der Waals surface area (Å²) < 4.78 is 5.29. The summed E-state index contributed by atoms with van der Waals surface area (Å²) in [5.74, 6) is 0.294. The molecule has 2 heterocycles. The van der Waals surface area contributed by atoms with Gasteiger partial charge in [0.2, 0.25) is 5.91 Å². The molecule has 16 heavy (non-hydrogen) atoms. The Labute approximate surface area is 103 Å². The first-order chi connectivity index (χ1) is 7.31. The van der Waals surface area contributed by atoms with Crippen LogP contribution in [0.15, 0.2) is 0 Å². The zero-order valence-corrected chi connectivity index (χ0v) is 10.6. The molecule has 94 valence electrons. The van der Waals surface area contributed by atoms with E-state index in [1.807, 2.05) is 4.90 Å². The van der Waals surface area contributed by atoms with Gasteiger partial charge in [0.05, 0.1) is 12.1 Å². The first kappa shape index (κ1) is 13.7. The summed E-state index contributed by atoms with van der Waals surface area (Å²) in [6, 6.07) is 0.0871. The minimum Gasteiger partial charge on any atom is -0.381 e. The van der Waals surface area contributed by atoms with Crippen molar-refractivity contribution < 1.29 is 9.53 Å². The molecule has 2 fully saturated rings. The van der Waals surface area contributed by atoms with E-state index in [-0.39, 0.29) is 18.4 Å². The Morgan fingerprint density at radius 2 is 2.00 bits per heavy atom. The Kier molecular flexibility index (Phi) is 5.52. The van der Waals surface area contributed by atoms with Gasteiger partial charge in [-0.3, -0.25) is 4.79 Å². The summed E-state index contributed by atoms with van der Waals surface area (Å²) in [6.07, 6.45) is 4.45. The molecule has 1 amide bonds. The van der Waals surface area contributed by atoms with E-state index in [1.54, 1.807) is 7.11 Å². The molecule has 0 aromatic carbocycles. The molecule has 0 aliphatic carbocycles. The number of carbonyl (C=O) groups excluding carboxylic acids is 1. The molecule has 0 saturated carbocycles. The van der Waals surface area contributed by atoms with Gasteiger partial charge < -0.3 is 15.0 Å². The molecule has 0 bridgehead atoms. The molecule has 2 saturated heterocycles. The van der Waals surface area contributed by atoms with Crippen LogP contribution >= 0.6 is 12.4 Å². The van der Waals surface area contributed by atoms with E-state index in [0.29, 0.717) is 12.0 Å². The van der Waals surface area contributed by atoms with E-state index < -0.39 is 0 Å². The van der Waals surface area contributed by atoms with E-state index in [9.17, 15) is 4.79 Å². The molecule has 1 unspecified atom stereocenters. The molecule has 1 N–H and O–H groups in total. The highest BCUT2D eigenvalue weighted by Gasteiger charge is 2.29. The lowest BCUT2D eigenvalue weighted by molar-refractivity contribution is -0.135. The number of nitrogens with zero attached hydrogens (tertiary/aromatic N) is 1. The predicted molar refractivity (Wildman–Crippen MR) is 64.9 cm³/mol. The number of methoxy groups -OCH3 is 1. The monoisotopic (exact) mass is 248 g/mol. The number of amides is 1. The molecule has 0 aromatic heterocycles. The van der Waals surface area contributed by atoms with E-state index in [2.05, 4.69) is 5.32 Å². The molecule has 0 spiro atoms. The minimum atomic E-state index is 0. The SMILES string of the molecule is COC1CCN(C(=O)C2CCCN2)CC1.Cl. The average molecular weight is 249 g/mol. The van der Waals surface area contributed by atoms with Gasteiger partial charge in [0.15, 0.2) is 0 Å². The highest BCUT2D eigenvalue weighted by atomic mass is 35.5. The lowest BCUT2D eigenvalue weighted by atomic mass is 10.1. The molecule has 4 nitrogen and oxygen atoms in total. The van der Waals surface area contributed by atoms with Crippen molar-refractivity contribution in [1.82, 2.24) is 10.2 Å². The second-order valence-corrected chi connectivity index (χ2v) is 4.41. The standard InChI is InChI=1S/C11H20N2O2.ClH/c1-15-9-4-7-13(8-5-9)11(14)10-3-2-6-12-10;/h9-10,12H,2-8H2,1H3;1H. The predicted octanol–water partition coefficient (Wildman–Crippen LogP) is 0.798. The highest BCUT2D eigenvalue weighted by Crippen LogP contribution is 2.16. The van der Waals surface area contributed by atoms with Crippen molar-refractivity contribution in [2.75, 3.05) is 26.7 Å². The molecule has 0 radical (unpaired) electrons. The number of carbonyl (C=O) groups is 1. The third kappa shape index (κ3) is 3.09. The number of likely N-dealkylation sites (tertiary alicyclic amines) is 1. The second-order valence-electron chi connectivity index (χ2n) is 4.41. The van der Waals surface area contributed by atoms with Crippen molar-refractivity contribution in [3.63, 3.8) is 0 Å². The molecule has 2 rings (SSSR count). The number of hydrogen-bond acceptors (Lipinski definition) is 3. The number of piperidine rings is 1. The zero-order valence-electron chi connectivity index (χ0n) is 9.78. The second kappa shape index (κ2) is 6.42. The van der Waals surface area contributed by atoms with Crippen LogP contribution in [0, 0.1) is 0 Å². The largest absolute Gasteiger partial charge is 0.381 e. The summed E-state index contributed by atoms with van der Waals surface area (Å²) in [5, 5.41) is 3.26. The van der Waals surface area contributed by atoms with Gasteiger partial charge in [-0.2, -0.15) is 0 Å². The lowest BCUT2D eigenvalue weighted by Crippen LogP contribution is -2.48. The fourth-order valence-electron chi connectivity index (χ4n) is 2.43. The Balaban J connectivity index is 0.00000128. The van der Waals surface area contributed by atoms with Gasteiger partial charge in [-0.25, -0.2) is 0 Å². The molecule has 2 aliphatic heterocycles. The third-order valence-electron chi connectivity index (χ3n) is 3.45. The van der Waals surface area contributed by atoms with Crippen molar-refractivity contribution >= 4 is 18.3 Å². The fraction of sp³-hybridized carbons (Fsp3) is 0.909. The summed E-state index contributed by atoms with van der Waals surface area (Å²) in [6.45, 7) is 2.70. The molecule has 1 atom stereocenters. The smallest absolute Gasteiger partial charge is 0.239 e. The van der Waals surface area contributed by atoms with E-state index in [1.165, 1.54) is 0 Å². The van der Waals surface area contributed by atoms with Crippen LogP contribution in [0.3, 0.4) is 0 Å². The van der Waals surface area contributed by atoms with Gasteiger partial charge in [-0.05, 0) is 32.2 Å². The van der Waals surface area contributed by atoms with E-state index in [4.69, 9.17) is 4.74 Å². The number of rotatable bonds is 2. The van der Waals surface area contributed by atoms with Crippen molar-refractivity contribution in [2.24, 2.45) is 0 Å². The normalized spacial score (nSPS) is 26.6. The Bertz CT molecular complexity index is 224. The minimum absolute atomic E-state index is 0. The van der Waals surface area contributed by atoms with Crippen molar-refractivity contribution in [3.05, 3.63) is 0 Å². The van der Waals surface area contributed by atoms with Crippen molar-refractivity contribution in [2.45, 2.75) is 37.8 Å². The van der Waals surface area contributed by atoms with Gasteiger partial charge in [0.1, 0.15) is 0 Å². The number of nitrogens with one attached hydrogen (secondary N) is 1. The van der Waals surface area contributed by atoms with Crippen LogP contribution in [0.2, 0.25) is 0 Å². The summed E-state index contributed by atoms with van der Waals surface area (Å²) >= 11 is 0. The molecular formula is C11H21ClN2O2. The Hall–Kier alpha value is -0.320. The van der Waals surface area contributed by atoms with Crippen LogP contribution in [-0.4, -0.2) is 49.7 Å². The Morgan fingerprint density at radius 3 is 2.50 bits per heavy atom. The first-order valence-electron chi connectivity index (χ1n) is 5.86. The summed E-state index contributed by atoms with van der Waals surface area (Å²) in [5.41, 5.74) is 0. The topological polar surface area (TPSA) is 41.6 Å². The first-order valence-corrected chi connectivity index (χ1v) is 5.86. The van der Waals surface area contributed by atoms with Gasteiger partial charge >= 0.3 is 0 Å². The molecule has 5 heteroatoms. The number of hydrogen-bond donors (Lipinski definition) is 1. The lowest BCUT2D eigenvalue weighted by Gasteiger charge is -2.32. The summed E-state index contributed by atoms with van der Waals surface area (Å²) in [7, 11) is 1.75. The van der Waals surface area contributed by atoms with E-state index >= 15 is 0 Å². The van der Waals surface area contributed by atoms with Crippen LogP contribution in [0.25, 0.3) is 0 Å². The Morgan fingerprint density at radius 1 is 1.31 bits per heavy atom. The van der Waals surface area contributed by atoms with E-state index in [0.717, 1.165) is 45.3 Å². The van der Waals surface area contributed by atoms with Crippen molar-refractivity contribution in [1.29, 1.82) is 0 Å². The highest BCUT2D eigenvalue weighted by molar-refractivity contribution is 5.85. The maximum atomic E-state index is 12.0. The van der Waals surface area contributed by atoms with Crippen LogP contribution < -0.4 is 5.32 Å². The zero-order chi connectivity index (χ0) is 10.7. The van der Waals surface area contributed by atoms with Crippen molar-refractivity contribution in [3.8, 4) is 0 Å². The van der Waals surface area contributed by atoms with Crippen LogP contribution in [0.1, 0.15) is 25.7 Å². The maximum absolute atomic E-state index is 12.0. The fourth-order valence-corrected chi connectivity index (χ4v) is 2.43.